The Kier molecular flexibility index (Phi) is 2.91. The van der Waals surface area contributed by atoms with Gasteiger partial charge in [0.2, 0.25) is 0 Å². The Labute approximate surface area is 112 Å². The van der Waals surface area contributed by atoms with Crippen LogP contribution in [0.2, 0.25) is 5.02 Å². The third-order valence-corrected chi connectivity index (χ3v) is 4.14. The molecule has 3 rings (SSSR count). The van der Waals surface area contributed by atoms with E-state index in [9.17, 15) is 5.11 Å². The SMILES string of the molecule is CC1(O)COc2cc(N3CCCCC3)c(Cl)cc21. The van der Waals surface area contributed by atoms with Crippen LogP contribution in [0.3, 0.4) is 0 Å². The zero-order valence-corrected chi connectivity index (χ0v) is 11.3. The molecular formula is C14H18ClNO2. The molecule has 4 heteroatoms. The summed E-state index contributed by atoms with van der Waals surface area (Å²) in [5.74, 6) is 0.768. The zero-order chi connectivity index (χ0) is 12.8. The van der Waals surface area contributed by atoms with Crippen molar-refractivity contribution < 1.29 is 9.84 Å². The van der Waals surface area contributed by atoms with Gasteiger partial charge in [-0.2, -0.15) is 0 Å². The molecule has 3 nitrogen and oxygen atoms in total. The number of nitrogens with zero attached hydrogens (tertiary/aromatic N) is 1. The van der Waals surface area contributed by atoms with E-state index in [1.807, 2.05) is 12.1 Å². The van der Waals surface area contributed by atoms with Crippen LogP contribution in [0, 0.1) is 0 Å². The van der Waals surface area contributed by atoms with Crippen molar-refractivity contribution >= 4 is 17.3 Å². The molecule has 0 bridgehead atoms. The van der Waals surface area contributed by atoms with Crippen molar-refractivity contribution in [2.24, 2.45) is 0 Å². The van der Waals surface area contributed by atoms with E-state index >= 15 is 0 Å². The van der Waals surface area contributed by atoms with Crippen LogP contribution in [0.4, 0.5) is 5.69 Å². The molecule has 0 radical (unpaired) electrons. The van der Waals surface area contributed by atoms with Gasteiger partial charge in [-0.05, 0) is 32.3 Å². The summed E-state index contributed by atoms with van der Waals surface area (Å²) in [4.78, 5) is 2.31. The molecule has 1 N–H and O–H groups in total. The number of hydrogen-bond acceptors (Lipinski definition) is 3. The maximum atomic E-state index is 10.2. The number of ether oxygens (including phenoxy) is 1. The first-order valence-corrected chi connectivity index (χ1v) is 6.90. The van der Waals surface area contributed by atoms with Gasteiger partial charge in [-0.25, -0.2) is 0 Å². The lowest BCUT2D eigenvalue weighted by molar-refractivity contribution is 0.0349. The summed E-state index contributed by atoms with van der Waals surface area (Å²) in [5.41, 5.74) is 0.917. The predicted octanol–water partition coefficient (Wildman–Crippen LogP) is 2.93. The third kappa shape index (κ3) is 1.95. The Morgan fingerprint density at radius 3 is 2.72 bits per heavy atom. The number of hydrogen-bond donors (Lipinski definition) is 1. The molecule has 1 aromatic rings. The quantitative estimate of drug-likeness (QED) is 0.849. The van der Waals surface area contributed by atoms with Crippen LogP contribution in [0.5, 0.6) is 5.75 Å². The molecule has 0 aromatic heterocycles. The number of fused-ring (bicyclic) bond motifs is 1. The van der Waals surface area contributed by atoms with Gasteiger partial charge < -0.3 is 14.7 Å². The molecule has 98 valence electrons. The summed E-state index contributed by atoms with van der Waals surface area (Å²) in [6.45, 7) is 4.17. The topological polar surface area (TPSA) is 32.7 Å². The molecule has 1 saturated heterocycles. The molecule has 18 heavy (non-hydrogen) atoms. The molecule has 1 atom stereocenters. The predicted molar refractivity (Wildman–Crippen MR) is 72.6 cm³/mol. The van der Waals surface area contributed by atoms with Gasteiger partial charge in [-0.15, -0.1) is 0 Å². The number of aliphatic hydroxyl groups is 1. The van der Waals surface area contributed by atoms with Crippen molar-refractivity contribution in [3.63, 3.8) is 0 Å². The minimum Gasteiger partial charge on any atom is -0.490 e. The second kappa shape index (κ2) is 4.32. The smallest absolute Gasteiger partial charge is 0.127 e. The van der Waals surface area contributed by atoms with Gasteiger partial charge in [0.05, 0.1) is 10.7 Å². The highest BCUT2D eigenvalue weighted by Crippen LogP contribution is 2.43. The fourth-order valence-electron chi connectivity index (χ4n) is 2.76. The zero-order valence-electron chi connectivity index (χ0n) is 10.6. The molecule has 0 amide bonds. The standard InChI is InChI=1S/C14H18ClNO2/c1-14(17)9-18-13-8-12(11(15)7-10(13)14)16-5-3-2-4-6-16/h7-8,17H,2-6,9H2,1H3. The summed E-state index contributed by atoms with van der Waals surface area (Å²) in [6.07, 6.45) is 3.72. The third-order valence-electron chi connectivity index (χ3n) is 3.83. The average Bonchev–Trinajstić information content (AvgIpc) is 2.65. The normalized spacial score (nSPS) is 26.9. The van der Waals surface area contributed by atoms with Crippen LogP contribution >= 0.6 is 11.6 Å². The number of halogens is 1. The fraction of sp³-hybridized carbons (Fsp3) is 0.571. The summed E-state index contributed by atoms with van der Waals surface area (Å²) < 4.78 is 5.56. The van der Waals surface area contributed by atoms with Crippen molar-refractivity contribution in [1.29, 1.82) is 0 Å². The largest absolute Gasteiger partial charge is 0.490 e. The highest BCUT2D eigenvalue weighted by molar-refractivity contribution is 6.33. The molecule has 1 aromatic carbocycles. The summed E-state index contributed by atoms with van der Waals surface area (Å²) in [5, 5.41) is 10.9. The molecule has 1 fully saturated rings. The highest BCUT2D eigenvalue weighted by Gasteiger charge is 2.35. The lowest BCUT2D eigenvalue weighted by Crippen LogP contribution is -2.29. The van der Waals surface area contributed by atoms with E-state index in [0.29, 0.717) is 11.6 Å². The summed E-state index contributed by atoms with van der Waals surface area (Å²) in [6, 6.07) is 3.83. The maximum absolute atomic E-state index is 10.2. The fourth-order valence-corrected chi connectivity index (χ4v) is 3.04. The van der Waals surface area contributed by atoms with Crippen molar-refractivity contribution in [3.8, 4) is 5.75 Å². The first-order valence-electron chi connectivity index (χ1n) is 6.52. The Morgan fingerprint density at radius 1 is 1.28 bits per heavy atom. The van der Waals surface area contributed by atoms with Crippen molar-refractivity contribution in [1.82, 2.24) is 0 Å². The minimum atomic E-state index is -0.917. The van der Waals surface area contributed by atoms with Crippen LogP contribution in [0.25, 0.3) is 0 Å². The van der Waals surface area contributed by atoms with E-state index in [-0.39, 0.29) is 0 Å². The van der Waals surface area contributed by atoms with Gasteiger partial charge in [0, 0.05) is 24.7 Å². The Hall–Kier alpha value is -0.930. The highest BCUT2D eigenvalue weighted by atomic mass is 35.5. The molecular weight excluding hydrogens is 250 g/mol. The first kappa shape index (κ1) is 12.1. The number of rotatable bonds is 1. The molecule has 2 aliphatic heterocycles. The van der Waals surface area contributed by atoms with Gasteiger partial charge in [0.1, 0.15) is 18.0 Å². The number of anilines is 1. The van der Waals surface area contributed by atoms with E-state index < -0.39 is 5.60 Å². The molecule has 0 saturated carbocycles. The summed E-state index contributed by atoms with van der Waals surface area (Å²) >= 11 is 6.36. The van der Waals surface area contributed by atoms with E-state index in [0.717, 1.165) is 30.1 Å². The van der Waals surface area contributed by atoms with Gasteiger partial charge in [0.15, 0.2) is 0 Å². The Bertz CT molecular complexity index is 467. The van der Waals surface area contributed by atoms with Gasteiger partial charge in [0.25, 0.3) is 0 Å². The van der Waals surface area contributed by atoms with Crippen molar-refractivity contribution in [2.45, 2.75) is 31.8 Å². The van der Waals surface area contributed by atoms with Gasteiger partial charge in [-0.1, -0.05) is 11.6 Å². The molecule has 0 spiro atoms. The van der Waals surface area contributed by atoms with E-state index in [1.165, 1.54) is 19.3 Å². The number of piperidine rings is 1. The number of benzene rings is 1. The lowest BCUT2D eigenvalue weighted by Gasteiger charge is -2.30. The average molecular weight is 268 g/mol. The second-order valence-corrected chi connectivity index (χ2v) is 5.82. The van der Waals surface area contributed by atoms with Crippen LogP contribution in [0.15, 0.2) is 12.1 Å². The van der Waals surface area contributed by atoms with Crippen molar-refractivity contribution in [2.75, 3.05) is 24.6 Å². The Morgan fingerprint density at radius 2 is 2.00 bits per heavy atom. The summed E-state index contributed by atoms with van der Waals surface area (Å²) in [7, 11) is 0. The molecule has 2 aliphatic rings. The Balaban J connectivity index is 1.98. The van der Waals surface area contributed by atoms with Crippen LogP contribution in [-0.4, -0.2) is 24.8 Å². The van der Waals surface area contributed by atoms with Crippen LogP contribution < -0.4 is 9.64 Å². The van der Waals surface area contributed by atoms with E-state index in [4.69, 9.17) is 16.3 Å². The molecule has 2 heterocycles. The molecule has 1 unspecified atom stereocenters. The van der Waals surface area contributed by atoms with E-state index in [2.05, 4.69) is 4.90 Å². The minimum absolute atomic E-state index is 0.308. The van der Waals surface area contributed by atoms with E-state index in [1.54, 1.807) is 6.92 Å². The van der Waals surface area contributed by atoms with Gasteiger partial charge >= 0.3 is 0 Å². The maximum Gasteiger partial charge on any atom is 0.127 e. The lowest BCUT2D eigenvalue weighted by atomic mass is 9.98. The first-order chi connectivity index (χ1) is 8.58. The van der Waals surface area contributed by atoms with Crippen molar-refractivity contribution in [3.05, 3.63) is 22.7 Å². The van der Waals surface area contributed by atoms with Crippen LogP contribution in [-0.2, 0) is 5.60 Å². The monoisotopic (exact) mass is 267 g/mol. The molecule has 0 aliphatic carbocycles. The van der Waals surface area contributed by atoms with Gasteiger partial charge in [-0.3, -0.25) is 0 Å². The van der Waals surface area contributed by atoms with Crippen LogP contribution in [0.1, 0.15) is 31.7 Å². The second-order valence-electron chi connectivity index (χ2n) is 5.41.